The Kier molecular flexibility index (Phi) is 5.63. The number of methoxy groups -OCH3 is 2. The molecule has 0 aliphatic carbocycles. The molecule has 158 valence electrons. The van der Waals surface area contributed by atoms with Gasteiger partial charge in [0.25, 0.3) is 15.6 Å². The lowest BCUT2D eigenvalue weighted by Crippen LogP contribution is -2.28. The Morgan fingerprint density at radius 3 is 2.67 bits per heavy atom. The monoisotopic (exact) mass is 447 g/mol. The van der Waals surface area contributed by atoms with Gasteiger partial charge in [0, 0.05) is 30.6 Å². The second-order valence-corrected chi connectivity index (χ2v) is 10.1. The van der Waals surface area contributed by atoms with E-state index in [4.69, 9.17) is 9.47 Å². The molecule has 10 heteroatoms. The van der Waals surface area contributed by atoms with Gasteiger partial charge in [-0.1, -0.05) is 0 Å². The van der Waals surface area contributed by atoms with Gasteiger partial charge in [0.2, 0.25) is 0 Å². The third-order valence-corrected chi connectivity index (χ3v) is 8.58. The van der Waals surface area contributed by atoms with E-state index in [1.807, 2.05) is 18.2 Å². The van der Waals surface area contributed by atoms with Gasteiger partial charge >= 0.3 is 0 Å². The van der Waals surface area contributed by atoms with E-state index in [0.29, 0.717) is 35.8 Å². The number of H-pyrrole nitrogens is 1. The number of aromatic nitrogens is 2. The molecule has 30 heavy (non-hydrogen) atoms. The molecule has 1 aromatic carbocycles. The SMILES string of the molecule is COc1ccc(OC)c([C@H]2CCN(S(=O)(=O)c3ccc(-c4ccc(=O)[nH]n4)s3)C2)c1. The molecule has 2 aromatic heterocycles. The first-order valence-corrected chi connectivity index (χ1v) is 11.6. The van der Waals surface area contributed by atoms with Crippen LogP contribution in [-0.4, -0.2) is 50.2 Å². The molecule has 3 heterocycles. The first-order chi connectivity index (χ1) is 14.4. The van der Waals surface area contributed by atoms with Gasteiger partial charge in [0.1, 0.15) is 21.4 Å². The van der Waals surface area contributed by atoms with Gasteiger partial charge in [-0.3, -0.25) is 4.79 Å². The van der Waals surface area contributed by atoms with Gasteiger partial charge in [-0.05, 0) is 42.8 Å². The van der Waals surface area contributed by atoms with Gasteiger partial charge in [-0.15, -0.1) is 11.3 Å². The largest absolute Gasteiger partial charge is 0.497 e. The van der Waals surface area contributed by atoms with Gasteiger partial charge < -0.3 is 9.47 Å². The number of rotatable bonds is 6. The summed E-state index contributed by atoms with van der Waals surface area (Å²) in [5.41, 5.74) is 1.17. The normalized spacial score (nSPS) is 17.2. The van der Waals surface area contributed by atoms with Crippen LogP contribution in [0.1, 0.15) is 17.9 Å². The fourth-order valence-electron chi connectivity index (χ4n) is 3.56. The van der Waals surface area contributed by atoms with Crippen LogP contribution in [0.2, 0.25) is 0 Å². The molecule has 1 saturated heterocycles. The van der Waals surface area contributed by atoms with E-state index in [-0.39, 0.29) is 15.7 Å². The number of hydrogen-bond donors (Lipinski definition) is 1. The molecule has 0 spiro atoms. The smallest absolute Gasteiger partial charge is 0.264 e. The van der Waals surface area contributed by atoms with E-state index in [9.17, 15) is 13.2 Å². The van der Waals surface area contributed by atoms with Gasteiger partial charge in [-0.25, -0.2) is 13.5 Å². The Morgan fingerprint density at radius 2 is 1.97 bits per heavy atom. The maximum absolute atomic E-state index is 13.2. The molecule has 0 radical (unpaired) electrons. The zero-order chi connectivity index (χ0) is 21.3. The molecule has 0 saturated carbocycles. The standard InChI is InChI=1S/C20H21N3O5S2/c1-27-14-3-5-17(28-2)15(11-14)13-9-10-23(12-13)30(25,26)20-8-6-18(29-20)16-4-7-19(24)22-21-16/h3-8,11,13H,9-10,12H2,1-2H3,(H,22,24)/t13-/m0/s1. The first kappa shape index (κ1) is 20.6. The number of ether oxygens (including phenoxy) is 2. The molecule has 0 bridgehead atoms. The number of nitrogens with one attached hydrogen (secondary N) is 1. The maximum Gasteiger partial charge on any atom is 0.264 e. The molecule has 1 aliphatic rings. The number of thiophene rings is 1. The Bertz CT molecular complexity index is 1200. The first-order valence-electron chi connectivity index (χ1n) is 9.30. The fraction of sp³-hybridized carbons (Fsp3) is 0.300. The van der Waals surface area contributed by atoms with E-state index in [1.54, 1.807) is 32.4 Å². The highest BCUT2D eigenvalue weighted by molar-refractivity contribution is 7.91. The molecule has 0 unspecified atom stereocenters. The quantitative estimate of drug-likeness (QED) is 0.623. The van der Waals surface area contributed by atoms with E-state index in [0.717, 1.165) is 22.6 Å². The van der Waals surface area contributed by atoms with Crippen molar-refractivity contribution in [1.29, 1.82) is 0 Å². The van der Waals surface area contributed by atoms with Crippen molar-refractivity contribution in [3.8, 4) is 22.1 Å². The molecule has 1 N–H and O–H groups in total. The van der Waals surface area contributed by atoms with E-state index in [2.05, 4.69) is 10.2 Å². The van der Waals surface area contributed by atoms with Crippen molar-refractivity contribution >= 4 is 21.4 Å². The summed E-state index contributed by atoms with van der Waals surface area (Å²) in [5.74, 6) is 1.45. The van der Waals surface area contributed by atoms with Crippen LogP contribution < -0.4 is 15.0 Å². The summed E-state index contributed by atoms with van der Waals surface area (Å²) >= 11 is 1.14. The Hall–Kier alpha value is -2.69. The van der Waals surface area contributed by atoms with Crippen LogP contribution in [0.25, 0.3) is 10.6 Å². The molecule has 8 nitrogen and oxygen atoms in total. The Balaban J connectivity index is 1.57. The summed E-state index contributed by atoms with van der Waals surface area (Å²) in [4.78, 5) is 11.9. The second kappa shape index (κ2) is 8.21. The molecule has 1 fully saturated rings. The lowest BCUT2D eigenvalue weighted by Gasteiger charge is -2.18. The number of sulfonamides is 1. The second-order valence-electron chi connectivity index (χ2n) is 6.88. The zero-order valence-corrected chi connectivity index (χ0v) is 18.1. The van der Waals surface area contributed by atoms with E-state index in [1.165, 1.54) is 10.4 Å². The fourth-order valence-corrected chi connectivity index (χ4v) is 6.49. The number of nitrogens with zero attached hydrogens (tertiary/aromatic N) is 2. The van der Waals surface area contributed by atoms with Crippen molar-refractivity contribution < 1.29 is 17.9 Å². The van der Waals surface area contributed by atoms with Crippen LogP contribution in [0.5, 0.6) is 11.5 Å². The molecule has 1 atom stereocenters. The van der Waals surface area contributed by atoms with E-state index >= 15 is 0 Å². The number of hydrogen-bond acceptors (Lipinski definition) is 7. The van der Waals surface area contributed by atoms with Gasteiger partial charge in [0.05, 0.1) is 19.1 Å². The van der Waals surface area contributed by atoms with Crippen LogP contribution in [0, 0.1) is 0 Å². The van der Waals surface area contributed by atoms with Crippen molar-refractivity contribution in [2.45, 2.75) is 16.5 Å². The highest BCUT2D eigenvalue weighted by atomic mass is 32.2. The van der Waals surface area contributed by atoms with Crippen LogP contribution >= 0.6 is 11.3 Å². The van der Waals surface area contributed by atoms with Crippen molar-refractivity contribution in [2.75, 3.05) is 27.3 Å². The van der Waals surface area contributed by atoms with Crippen molar-refractivity contribution in [2.24, 2.45) is 0 Å². The Morgan fingerprint density at radius 1 is 1.13 bits per heavy atom. The van der Waals surface area contributed by atoms with Gasteiger partial charge in [0.15, 0.2) is 0 Å². The van der Waals surface area contributed by atoms with Crippen LogP contribution in [-0.2, 0) is 10.0 Å². The summed E-state index contributed by atoms with van der Waals surface area (Å²) in [5, 5.41) is 6.33. The minimum Gasteiger partial charge on any atom is -0.497 e. The van der Waals surface area contributed by atoms with Crippen LogP contribution in [0.3, 0.4) is 0 Å². The minimum atomic E-state index is -3.63. The summed E-state index contributed by atoms with van der Waals surface area (Å²) in [6, 6.07) is 11.8. The molecule has 4 rings (SSSR count). The predicted octanol–water partition coefficient (Wildman–Crippen LogP) is 2.69. The number of benzene rings is 1. The third-order valence-electron chi connectivity index (χ3n) is 5.13. The predicted molar refractivity (Wildman–Crippen MR) is 114 cm³/mol. The average Bonchev–Trinajstić information content (AvgIpc) is 3.44. The molecule has 1 aliphatic heterocycles. The Labute approximate surface area is 178 Å². The summed E-state index contributed by atoms with van der Waals surface area (Å²) in [7, 11) is -0.426. The van der Waals surface area contributed by atoms with E-state index < -0.39 is 10.0 Å². The lowest BCUT2D eigenvalue weighted by molar-refractivity contribution is 0.394. The van der Waals surface area contributed by atoms with Crippen molar-refractivity contribution in [3.05, 3.63) is 58.4 Å². The molecule has 3 aromatic rings. The van der Waals surface area contributed by atoms with Gasteiger partial charge in [-0.2, -0.15) is 9.40 Å². The summed E-state index contributed by atoms with van der Waals surface area (Å²) < 4.78 is 38.9. The zero-order valence-electron chi connectivity index (χ0n) is 16.5. The van der Waals surface area contributed by atoms with Crippen LogP contribution in [0.15, 0.2) is 51.5 Å². The average molecular weight is 448 g/mol. The minimum absolute atomic E-state index is 0.0186. The third kappa shape index (κ3) is 3.85. The number of aromatic amines is 1. The highest BCUT2D eigenvalue weighted by Crippen LogP contribution is 2.39. The highest BCUT2D eigenvalue weighted by Gasteiger charge is 2.35. The molecular formula is C20H21N3O5S2. The maximum atomic E-state index is 13.2. The summed E-state index contributed by atoms with van der Waals surface area (Å²) in [6.45, 7) is 0.799. The topological polar surface area (TPSA) is 102 Å². The van der Waals surface area contributed by atoms with Crippen molar-refractivity contribution in [1.82, 2.24) is 14.5 Å². The van der Waals surface area contributed by atoms with Crippen LogP contribution in [0.4, 0.5) is 0 Å². The summed E-state index contributed by atoms with van der Waals surface area (Å²) in [6.07, 6.45) is 0.697. The molecule has 0 amide bonds. The molecular weight excluding hydrogens is 426 g/mol. The lowest BCUT2D eigenvalue weighted by atomic mass is 9.97. The van der Waals surface area contributed by atoms with Crippen molar-refractivity contribution in [3.63, 3.8) is 0 Å².